The van der Waals surface area contributed by atoms with Gasteiger partial charge >= 0.3 is 0 Å². The van der Waals surface area contributed by atoms with Gasteiger partial charge < -0.3 is 14.6 Å². The highest BCUT2D eigenvalue weighted by atomic mass is 19.1. The number of aryl methyl sites for hydroxylation is 1. The number of methoxy groups -OCH3 is 1. The maximum atomic E-state index is 13.3. The summed E-state index contributed by atoms with van der Waals surface area (Å²) < 4.78 is 20.0. The van der Waals surface area contributed by atoms with E-state index in [4.69, 9.17) is 4.74 Å². The Hall–Kier alpha value is -2.99. The first-order valence-corrected chi connectivity index (χ1v) is 8.66. The highest BCUT2D eigenvalue weighted by Crippen LogP contribution is 2.19. The molecule has 3 aromatic rings. The summed E-state index contributed by atoms with van der Waals surface area (Å²) >= 11 is 0. The van der Waals surface area contributed by atoms with Crippen LogP contribution < -0.4 is 10.9 Å². The minimum absolute atomic E-state index is 0.0983. The smallest absolute Gasteiger partial charge is 0.264 e. The van der Waals surface area contributed by atoms with Gasteiger partial charge in [0.2, 0.25) is 0 Å². The Morgan fingerprint density at radius 1 is 1.19 bits per heavy atom. The average molecular weight is 368 g/mol. The van der Waals surface area contributed by atoms with Crippen molar-refractivity contribution in [1.29, 1.82) is 0 Å². The molecule has 1 heterocycles. The van der Waals surface area contributed by atoms with Gasteiger partial charge in [0, 0.05) is 25.6 Å². The van der Waals surface area contributed by atoms with Gasteiger partial charge in [0.1, 0.15) is 11.4 Å². The van der Waals surface area contributed by atoms with Gasteiger partial charge in [-0.2, -0.15) is 0 Å². The number of para-hydroxylation sites is 1. The molecule has 0 aliphatic rings. The Morgan fingerprint density at radius 2 is 1.96 bits per heavy atom. The van der Waals surface area contributed by atoms with Crippen molar-refractivity contribution in [2.45, 2.75) is 20.0 Å². The van der Waals surface area contributed by atoms with Gasteiger partial charge in [0.15, 0.2) is 0 Å². The molecule has 0 aliphatic carbocycles. The molecular weight excluding hydrogens is 347 g/mol. The summed E-state index contributed by atoms with van der Waals surface area (Å²) in [5.41, 5.74) is 1.75. The average Bonchev–Trinajstić information content (AvgIpc) is 2.66. The van der Waals surface area contributed by atoms with Crippen molar-refractivity contribution < 1.29 is 13.9 Å². The van der Waals surface area contributed by atoms with Gasteiger partial charge in [-0.25, -0.2) is 4.39 Å². The third kappa shape index (κ3) is 3.90. The number of rotatable bonds is 6. The Kier molecular flexibility index (Phi) is 5.66. The molecule has 27 heavy (non-hydrogen) atoms. The van der Waals surface area contributed by atoms with Crippen LogP contribution >= 0.6 is 0 Å². The van der Waals surface area contributed by atoms with Crippen molar-refractivity contribution in [3.05, 3.63) is 81.4 Å². The lowest BCUT2D eigenvalue weighted by molar-refractivity contribution is 0.0948. The summed E-state index contributed by atoms with van der Waals surface area (Å²) in [5, 5.41) is 3.56. The minimum Gasteiger partial charge on any atom is -0.383 e. The second kappa shape index (κ2) is 8.14. The van der Waals surface area contributed by atoms with Crippen LogP contribution in [-0.4, -0.2) is 24.2 Å². The molecule has 1 N–H and O–H groups in total. The third-order valence-corrected chi connectivity index (χ3v) is 4.52. The Labute approximate surface area is 156 Å². The first kappa shape index (κ1) is 18.8. The van der Waals surface area contributed by atoms with Gasteiger partial charge in [0.05, 0.1) is 12.1 Å². The number of pyridine rings is 1. The minimum atomic E-state index is -0.473. The maximum Gasteiger partial charge on any atom is 0.264 e. The van der Waals surface area contributed by atoms with Gasteiger partial charge in [-0.3, -0.25) is 9.59 Å². The number of fused-ring (bicyclic) bond motifs is 1. The molecule has 0 unspecified atom stereocenters. The van der Waals surface area contributed by atoms with Crippen molar-refractivity contribution in [3.8, 4) is 0 Å². The molecule has 0 atom stereocenters. The molecule has 0 saturated carbocycles. The number of aromatic nitrogens is 1. The summed E-state index contributed by atoms with van der Waals surface area (Å²) in [6.07, 6.45) is 0. The van der Waals surface area contributed by atoms with E-state index in [0.29, 0.717) is 24.3 Å². The van der Waals surface area contributed by atoms with Crippen LogP contribution in [0, 0.1) is 12.7 Å². The zero-order chi connectivity index (χ0) is 19.4. The van der Waals surface area contributed by atoms with E-state index in [1.165, 1.54) is 12.1 Å². The monoisotopic (exact) mass is 368 g/mol. The Bertz CT molecular complexity index is 1040. The highest BCUT2D eigenvalue weighted by Gasteiger charge is 2.19. The Morgan fingerprint density at radius 3 is 2.70 bits per heavy atom. The quantitative estimate of drug-likeness (QED) is 0.728. The topological polar surface area (TPSA) is 60.3 Å². The van der Waals surface area contributed by atoms with Gasteiger partial charge in [-0.1, -0.05) is 30.3 Å². The molecule has 0 aliphatic heterocycles. The zero-order valence-corrected chi connectivity index (χ0v) is 15.3. The number of halogens is 1. The van der Waals surface area contributed by atoms with Crippen LogP contribution in [0.5, 0.6) is 0 Å². The van der Waals surface area contributed by atoms with Crippen LogP contribution in [0.1, 0.15) is 21.5 Å². The summed E-state index contributed by atoms with van der Waals surface area (Å²) in [6.45, 7) is 2.61. The summed E-state index contributed by atoms with van der Waals surface area (Å²) in [4.78, 5) is 25.8. The van der Waals surface area contributed by atoms with Gasteiger partial charge in [-0.05, 0) is 36.2 Å². The number of benzene rings is 2. The summed E-state index contributed by atoms with van der Waals surface area (Å²) in [6, 6.07) is 13.5. The summed E-state index contributed by atoms with van der Waals surface area (Å²) in [5.74, 6) is -0.843. The molecule has 1 aromatic heterocycles. The molecule has 0 fully saturated rings. The number of carbonyl (C=O) groups excluding carboxylic acids is 1. The van der Waals surface area contributed by atoms with Crippen LogP contribution in [0.15, 0.2) is 53.3 Å². The van der Waals surface area contributed by atoms with Crippen LogP contribution in [-0.2, 0) is 17.8 Å². The van der Waals surface area contributed by atoms with Crippen LogP contribution in [0.4, 0.5) is 4.39 Å². The van der Waals surface area contributed by atoms with Crippen molar-refractivity contribution in [2.75, 3.05) is 13.7 Å². The predicted molar refractivity (Wildman–Crippen MR) is 102 cm³/mol. The molecule has 0 radical (unpaired) electrons. The number of ether oxygens (including phenoxy) is 1. The van der Waals surface area contributed by atoms with E-state index in [-0.39, 0.29) is 23.5 Å². The van der Waals surface area contributed by atoms with Gasteiger partial charge in [0.25, 0.3) is 11.5 Å². The molecule has 6 heteroatoms. The number of hydrogen-bond acceptors (Lipinski definition) is 3. The number of nitrogens with zero attached hydrogens (tertiary/aromatic N) is 1. The molecule has 140 valence electrons. The number of hydrogen-bond donors (Lipinski definition) is 1. The maximum absolute atomic E-state index is 13.3. The van der Waals surface area contributed by atoms with E-state index in [0.717, 1.165) is 10.9 Å². The van der Waals surface area contributed by atoms with Gasteiger partial charge in [-0.15, -0.1) is 0 Å². The fraction of sp³-hybridized carbons (Fsp3) is 0.238. The van der Waals surface area contributed by atoms with Crippen molar-refractivity contribution in [2.24, 2.45) is 0 Å². The SMILES string of the molecule is COCCn1c(=O)c(C(=O)NCc2cccc(F)c2)c(C)c2ccccc21. The van der Waals surface area contributed by atoms with Crippen LogP contribution in [0.25, 0.3) is 10.9 Å². The third-order valence-electron chi connectivity index (χ3n) is 4.52. The number of nitrogens with one attached hydrogen (secondary N) is 1. The van der Waals surface area contributed by atoms with E-state index in [1.54, 1.807) is 30.7 Å². The second-order valence-corrected chi connectivity index (χ2v) is 6.28. The molecular formula is C21H21FN2O3. The lowest BCUT2D eigenvalue weighted by atomic mass is 10.0. The van der Waals surface area contributed by atoms with E-state index in [9.17, 15) is 14.0 Å². The lowest BCUT2D eigenvalue weighted by Crippen LogP contribution is -2.35. The zero-order valence-electron chi connectivity index (χ0n) is 15.3. The molecule has 5 nitrogen and oxygen atoms in total. The molecule has 2 aromatic carbocycles. The Balaban J connectivity index is 1.99. The molecule has 3 rings (SSSR count). The van der Waals surface area contributed by atoms with E-state index in [1.807, 2.05) is 24.3 Å². The number of amides is 1. The normalized spacial score (nSPS) is 10.9. The fourth-order valence-electron chi connectivity index (χ4n) is 3.16. The lowest BCUT2D eigenvalue weighted by Gasteiger charge is -2.15. The van der Waals surface area contributed by atoms with Crippen molar-refractivity contribution >= 4 is 16.8 Å². The fourth-order valence-corrected chi connectivity index (χ4v) is 3.16. The predicted octanol–water partition coefficient (Wildman–Crippen LogP) is 3.03. The van der Waals surface area contributed by atoms with Crippen molar-refractivity contribution in [1.82, 2.24) is 9.88 Å². The van der Waals surface area contributed by atoms with E-state index >= 15 is 0 Å². The molecule has 0 saturated heterocycles. The van der Waals surface area contributed by atoms with E-state index in [2.05, 4.69) is 5.32 Å². The van der Waals surface area contributed by atoms with E-state index < -0.39 is 5.91 Å². The van der Waals surface area contributed by atoms with Crippen molar-refractivity contribution in [3.63, 3.8) is 0 Å². The molecule has 0 spiro atoms. The molecule has 1 amide bonds. The largest absolute Gasteiger partial charge is 0.383 e. The number of carbonyl (C=O) groups is 1. The molecule has 0 bridgehead atoms. The second-order valence-electron chi connectivity index (χ2n) is 6.28. The first-order chi connectivity index (χ1) is 13.0. The van der Waals surface area contributed by atoms with Crippen LogP contribution in [0.2, 0.25) is 0 Å². The summed E-state index contributed by atoms with van der Waals surface area (Å²) in [7, 11) is 1.56. The standard InChI is InChI=1S/C21H21FN2O3/c1-14-17-8-3-4-9-18(17)24(10-11-27-2)21(26)19(14)20(25)23-13-15-6-5-7-16(22)12-15/h3-9,12H,10-11,13H2,1-2H3,(H,23,25). The highest BCUT2D eigenvalue weighted by molar-refractivity contribution is 6.00. The first-order valence-electron chi connectivity index (χ1n) is 8.66. The van der Waals surface area contributed by atoms with Crippen LogP contribution in [0.3, 0.4) is 0 Å².